The van der Waals surface area contributed by atoms with Crippen molar-refractivity contribution in [1.29, 1.82) is 0 Å². The Morgan fingerprint density at radius 1 is 1.09 bits per heavy atom. The highest BCUT2D eigenvalue weighted by Gasteiger charge is 2.37. The summed E-state index contributed by atoms with van der Waals surface area (Å²) in [5.41, 5.74) is 0. The first-order valence-electron chi connectivity index (χ1n) is 9.86. The zero-order chi connectivity index (χ0) is 16.4. The minimum Gasteiger partial charge on any atom is -0.395 e. The molecule has 0 N–H and O–H groups in total. The first-order chi connectivity index (χ1) is 10.5. The Bertz CT molecular complexity index is 279. The standard InChI is InChI=1S/C19H40O2Si/c1-6-9-13-18(7-2)16-22(5,20-8-3)21-17(4)19-14-11-10-12-15-19/h17-19H,6-16H2,1-5H3. The fourth-order valence-corrected chi connectivity index (χ4v) is 7.42. The van der Waals surface area contributed by atoms with E-state index in [0.717, 1.165) is 18.4 Å². The molecule has 0 heterocycles. The fourth-order valence-electron chi connectivity index (χ4n) is 4.01. The summed E-state index contributed by atoms with van der Waals surface area (Å²) < 4.78 is 12.9. The van der Waals surface area contributed by atoms with Crippen molar-refractivity contribution in [1.82, 2.24) is 0 Å². The molecule has 0 aliphatic heterocycles. The van der Waals surface area contributed by atoms with Crippen molar-refractivity contribution in [2.24, 2.45) is 11.8 Å². The van der Waals surface area contributed by atoms with Crippen molar-refractivity contribution < 1.29 is 8.85 Å². The maximum Gasteiger partial charge on any atom is 0.335 e. The maximum atomic E-state index is 6.65. The third-order valence-electron chi connectivity index (χ3n) is 5.40. The van der Waals surface area contributed by atoms with Gasteiger partial charge in [0.15, 0.2) is 0 Å². The Morgan fingerprint density at radius 3 is 2.32 bits per heavy atom. The van der Waals surface area contributed by atoms with Crippen LogP contribution in [0.4, 0.5) is 0 Å². The van der Waals surface area contributed by atoms with Crippen LogP contribution in [0.5, 0.6) is 0 Å². The second-order valence-corrected chi connectivity index (χ2v) is 10.6. The first kappa shape index (κ1) is 20.2. The summed E-state index contributed by atoms with van der Waals surface area (Å²) in [6.07, 6.45) is 12.5. The van der Waals surface area contributed by atoms with Crippen LogP contribution < -0.4 is 0 Å². The molecule has 132 valence electrons. The number of hydrogen-bond donors (Lipinski definition) is 0. The summed E-state index contributed by atoms with van der Waals surface area (Å²) in [4.78, 5) is 0. The zero-order valence-corrected chi connectivity index (χ0v) is 16.8. The molecule has 1 aliphatic carbocycles. The lowest BCUT2D eigenvalue weighted by Crippen LogP contribution is -2.45. The van der Waals surface area contributed by atoms with Crippen molar-refractivity contribution in [3.05, 3.63) is 0 Å². The molecule has 3 unspecified atom stereocenters. The molecule has 0 aromatic heterocycles. The number of rotatable bonds is 11. The predicted molar refractivity (Wildman–Crippen MR) is 98.5 cm³/mol. The van der Waals surface area contributed by atoms with Gasteiger partial charge in [-0.1, -0.05) is 58.8 Å². The Balaban J connectivity index is 2.59. The van der Waals surface area contributed by atoms with E-state index in [2.05, 4.69) is 34.2 Å². The predicted octanol–water partition coefficient (Wildman–Crippen LogP) is 6.30. The van der Waals surface area contributed by atoms with Crippen molar-refractivity contribution in [3.63, 3.8) is 0 Å². The lowest BCUT2D eigenvalue weighted by molar-refractivity contribution is 0.0707. The van der Waals surface area contributed by atoms with Gasteiger partial charge in [-0.2, -0.15) is 0 Å². The van der Waals surface area contributed by atoms with E-state index in [1.165, 1.54) is 63.8 Å². The molecule has 1 saturated carbocycles. The molecule has 0 aromatic carbocycles. The van der Waals surface area contributed by atoms with Gasteiger partial charge in [0.25, 0.3) is 0 Å². The van der Waals surface area contributed by atoms with E-state index in [9.17, 15) is 0 Å². The summed E-state index contributed by atoms with van der Waals surface area (Å²) in [7, 11) is -2.03. The molecule has 3 heteroatoms. The smallest absolute Gasteiger partial charge is 0.335 e. The average molecular weight is 329 g/mol. The molecular weight excluding hydrogens is 288 g/mol. The van der Waals surface area contributed by atoms with Crippen LogP contribution in [-0.2, 0) is 8.85 Å². The lowest BCUT2D eigenvalue weighted by Gasteiger charge is -2.36. The molecule has 0 spiro atoms. The van der Waals surface area contributed by atoms with E-state index in [0.29, 0.717) is 6.10 Å². The summed E-state index contributed by atoms with van der Waals surface area (Å²) in [6, 6.07) is 1.18. The van der Waals surface area contributed by atoms with Gasteiger partial charge in [0.05, 0.1) is 0 Å². The molecular formula is C19H40O2Si. The Hall–Kier alpha value is 0.137. The van der Waals surface area contributed by atoms with Crippen LogP contribution in [0.2, 0.25) is 12.6 Å². The van der Waals surface area contributed by atoms with Gasteiger partial charge in [-0.05, 0) is 51.1 Å². The van der Waals surface area contributed by atoms with Crippen LogP contribution >= 0.6 is 0 Å². The lowest BCUT2D eigenvalue weighted by atomic mass is 9.86. The normalized spacial score (nSPS) is 22.2. The summed E-state index contributed by atoms with van der Waals surface area (Å²) >= 11 is 0. The Labute approximate surface area is 140 Å². The molecule has 0 aromatic rings. The van der Waals surface area contributed by atoms with Crippen LogP contribution in [-0.4, -0.2) is 21.3 Å². The second-order valence-electron chi connectivity index (χ2n) is 7.41. The van der Waals surface area contributed by atoms with E-state index in [1.54, 1.807) is 0 Å². The van der Waals surface area contributed by atoms with Crippen LogP contribution in [0.1, 0.15) is 85.5 Å². The summed E-state index contributed by atoms with van der Waals surface area (Å²) in [6.45, 7) is 12.1. The SMILES string of the molecule is CCCCC(CC)C[Si](C)(OCC)OC(C)C1CCCCC1. The van der Waals surface area contributed by atoms with E-state index in [4.69, 9.17) is 8.85 Å². The number of unbranched alkanes of at least 4 members (excludes halogenated alkanes) is 1. The van der Waals surface area contributed by atoms with Gasteiger partial charge >= 0.3 is 8.56 Å². The van der Waals surface area contributed by atoms with E-state index in [-0.39, 0.29) is 0 Å². The maximum absolute atomic E-state index is 6.65. The van der Waals surface area contributed by atoms with Gasteiger partial charge < -0.3 is 8.85 Å². The molecule has 0 saturated heterocycles. The van der Waals surface area contributed by atoms with E-state index >= 15 is 0 Å². The monoisotopic (exact) mass is 328 g/mol. The van der Waals surface area contributed by atoms with E-state index < -0.39 is 8.56 Å². The van der Waals surface area contributed by atoms with Crippen molar-refractivity contribution >= 4 is 8.56 Å². The molecule has 0 radical (unpaired) electrons. The van der Waals surface area contributed by atoms with Crippen LogP contribution in [0.3, 0.4) is 0 Å². The van der Waals surface area contributed by atoms with Crippen molar-refractivity contribution in [2.45, 2.75) is 104 Å². The first-order valence-corrected chi connectivity index (χ1v) is 12.4. The van der Waals surface area contributed by atoms with Gasteiger partial charge in [-0.3, -0.25) is 0 Å². The molecule has 3 atom stereocenters. The summed E-state index contributed by atoms with van der Waals surface area (Å²) in [5, 5.41) is 0. The molecule has 1 rings (SSSR count). The van der Waals surface area contributed by atoms with Gasteiger partial charge in [0, 0.05) is 12.7 Å². The Kier molecular flexibility index (Phi) is 9.93. The van der Waals surface area contributed by atoms with Crippen molar-refractivity contribution in [2.75, 3.05) is 6.61 Å². The van der Waals surface area contributed by atoms with Gasteiger partial charge in [-0.15, -0.1) is 0 Å². The highest BCUT2D eigenvalue weighted by atomic mass is 28.4. The quantitative estimate of drug-likeness (QED) is 0.414. The topological polar surface area (TPSA) is 18.5 Å². The third-order valence-corrected chi connectivity index (χ3v) is 8.49. The third kappa shape index (κ3) is 7.14. The minimum absolute atomic E-state index is 0.382. The van der Waals surface area contributed by atoms with Gasteiger partial charge in [0.1, 0.15) is 0 Å². The highest BCUT2D eigenvalue weighted by molar-refractivity contribution is 6.66. The van der Waals surface area contributed by atoms with Crippen molar-refractivity contribution in [3.8, 4) is 0 Å². The van der Waals surface area contributed by atoms with Crippen LogP contribution in [0.15, 0.2) is 0 Å². The molecule has 1 fully saturated rings. The fraction of sp³-hybridized carbons (Fsp3) is 1.00. The molecule has 22 heavy (non-hydrogen) atoms. The van der Waals surface area contributed by atoms with Gasteiger partial charge in [0.2, 0.25) is 0 Å². The molecule has 0 bridgehead atoms. The minimum atomic E-state index is -2.03. The van der Waals surface area contributed by atoms with Gasteiger partial charge in [-0.25, -0.2) is 0 Å². The number of hydrogen-bond acceptors (Lipinski definition) is 2. The van der Waals surface area contributed by atoms with E-state index in [1.807, 2.05) is 0 Å². The largest absolute Gasteiger partial charge is 0.395 e. The second kappa shape index (κ2) is 10.8. The Morgan fingerprint density at radius 2 is 1.77 bits per heavy atom. The van der Waals surface area contributed by atoms with Crippen LogP contribution in [0.25, 0.3) is 0 Å². The zero-order valence-electron chi connectivity index (χ0n) is 15.8. The average Bonchev–Trinajstić information content (AvgIpc) is 2.52. The molecule has 0 amide bonds. The molecule has 2 nitrogen and oxygen atoms in total. The summed E-state index contributed by atoms with van der Waals surface area (Å²) in [5.74, 6) is 1.54. The highest BCUT2D eigenvalue weighted by Crippen LogP contribution is 2.32. The van der Waals surface area contributed by atoms with Crippen LogP contribution in [0, 0.1) is 11.8 Å². The molecule has 1 aliphatic rings.